The maximum absolute atomic E-state index is 12.7. The van der Waals surface area contributed by atoms with Crippen LogP contribution < -0.4 is 15.0 Å². The van der Waals surface area contributed by atoms with Gasteiger partial charge in [-0.3, -0.25) is 4.79 Å². The summed E-state index contributed by atoms with van der Waals surface area (Å²) >= 11 is 0. The largest absolute Gasteiger partial charge is 0.497 e. The number of rotatable bonds is 3. The van der Waals surface area contributed by atoms with Gasteiger partial charge in [0.2, 0.25) is 5.91 Å². The van der Waals surface area contributed by atoms with Crippen molar-refractivity contribution in [2.24, 2.45) is 5.41 Å². The quantitative estimate of drug-likeness (QED) is 0.885. The minimum atomic E-state index is -0.160. The van der Waals surface area contributed by atoms with E-state index in [9.17, 15) is 9.59 Å². The predicted octanol–water partition coefficient (Wildman–Crippen LogP) is 3.66. The van der Waals surface area contributed by atoms with Gasteiger partial charge in [0.25, 0.3) is 0 Å². The number of anilines is 2. The summed E-state index contributed by atoms with van der Waals surface area (Å²) in [6.07, 6.45) is 1.33. The molecule has 4 rings (SSSR count). The lowest BCUT2D eigenvalue weighted by Gasteiger charge is -2.24. The normalized spacial score (nSPS) is 21.4. The van der Waals surface area contributed by atoms with Crippen LogP contribution in [0.4, 0.5) is 16.2 Å². The minimum Gasteiger partial charge on any atom is -0.497 e. The standard InChI is InChI=1S/C22H25N3O3/c1-16-5-3-7-18(11-16)25-15-22(13-20(25)26)9-10-24(14-22)21(27)23-17-6-4-8-19(12-17)28-2/h3-8,11-12H,9-10,13-15H2,1-2H3,(H,23,27). The van der Waals surface area contributed by atoms with E-state index in [-0.39, 0.29) is 17.4 Å². The number of benzene rings is 2. The molecule has 0 aromatic heterocycles. The lowest BCUT2D eigenvalue weighted by molar-refractivity contribution is -0.117. The Morgan fingerprint density at radius 2 is 1.96 bits per heavy atom. The number of carbonyl (C=O) groups excluding carboxylic acids is 2. The van der Waals surface area contributed by atoms with Crippen LogP contribution in [0.2, 0.25) is 0 Å². The van der Waals surface area contributed by atoms with Crippen molar-refractivity contribution < 1.29 is 14.3 Å². The van der Waals surface area contributed by atoms with Crippen LogP contribution in [0.3, 0.4) is 0 Å². The molecule has 2 aromatic carbocycles. The Balaban J connectivity index is 1.43. The summed E-state index contributed by atoms with van der Waals surface area (Å²) in [4.78, 5) is 29.1. The third-order valence-corrected chi connectivity index (χ3v) is 5.68. The number of amides is 3. The van der Waals surface area contributed by atoms with Gasteiger partial charge >= 0.3 is 6.03 Å². The van der Waals surface area contributed by atoms with E-state index in [1.165, 1.54) is 0 Å². The molecule has 2 heterocycles. The monoisotopic (exact) mass is 379 g/mol. The molecule has 2 fully saturated rings. The van der Waals surface area contributed by atoms with Gasteiger partial charge in [-0.25, -0.2) is 4.79 Å². The molecule has 0 saturated carbocycles. The number of nitrogens with one attached hydrogen (secondary N) is 1. The molecule has 28 heavy (non-hydrogen) atoms. The fourth-order valence-corrected chi connectivity index (χ4v) is 4.21. The van der Waals surface area contributed by atoms with Crippen LogP contribution in [0.15, 0.2) is 48.5 Å². The Labute approximate surface area is 165 Å². The van der Waals surface area contributed by atoms with Crippen LogP contribution >= 0.6 is 0 Å². The molecule has 2 aliphatic heterocycles. The average Bonchev–Trinajstić information content (AvgIpc) is 3.25. The van der Waals surface area contributed by atoms with Gasteiger partial charge in [0.05, 0.1) is 7.11 Å². The van der Waals surface area contributed by atoms with E-state index in [1.54, 1.807) is 13.2 Å². The number of hydrogen-bond donors (Lipinski definition) is 1. The van der Waals surface area contributed by atoms with Gasteiger partial charge in [0.15, 0.2) is 0 Å². The first-order valence-corrected chi connectivity index (χ1v) is 9.55. The van der Waals surface area contributed by atoms with Crippen LogP contribution in [0.25, 0.3) is 0 Å². The molecule has 1 N–H and O–H groups in total. The second-order valence-electron chi connectivity index (χ2n) is 7.83. The molecular weight excluding hydrogens is 354 g/mol. The molecule has 2 saturated heterocycles. The molecule has 6 heteroatoms. The fraction of sp³-hybridized carbons (Fsp3) is 0.364. The van der Waals surface area contributed by atoms with Crippen LogP contribution in [0.1, 0.15) is 18.4 Å². The van der Waals surface area contributed by atoms with Gasteiger partial charge in [-0.1, -0.05) is 18.2 Å². The number of nitrogens with zero attached hydrogens (tertiary/aromatic N) is 2. The van der Waals surface area contributed by atoms with Gasteiger partial charge in [-0.05, 0) is 43.2 Å². The maximum atomic E-state index is 12.7. The molecule has 3 amide bonds. The van der Waals surface area contributed by atoms with Crippen molar-refractivity contribution in [3.63, 3.8) is 0 Å². The van der Waals surface area contributed by atoms with Gasteiger partial charge in [0.1, 0.15) is 5.75 Å². The lowest BCUT2D eigenvalue weighted by atomic mass is 9.86. The number of methoxy groups -OCH3 is 1. The Hall–Kier alpha value is -3.02. The maximum Gasteiger partial charge on any atom is 0.321 e. The van der Waals surface area contributed by atoms with E-state index >= 15 is 0 Å². The first-order chi connectivity index (χ1) is 13.5. The summed E-state index contributed by atoms with van der Waals surface area (Å²) in [6, 6.07) is 15.2. The number of hydrogen-bond acceptors (Lipinski definition) is 3. The van der Waals surface area contributed by atoms with Crippen molar-refractivity contribution >= 4 is 23.3 Å². The zero-order chi connectivity index (χ0) is 19.7. The van der Waals surface area contributed by atoms with Crippen LogP contribution in [-0.4, -0.2) is 43.6 Å². The Kier molecular flexibility index (Phi) is 4.71. The average molecular weight is 379 g/mol. The van der Waals surface area contributed by atoms with Crippen LogP contribution in [0.5, 0.6) is 5.75 Å². The van der Waals surface area contributed by atoms with E-state index in [0.29, 0.717) is 37.5 Å². The number of aryl methyl sites for hydroxylation is 1. The first kappa shape index (κ1) is 18.3. The van der Waals surface area contributed by atoms with Gasteiger partial charge in [-0.15, -0.1) is 0 Å². The van der Waals surface area contributed by atoms with Crippen molar-refractivity contribution in [3.05, 3.63) is 54.1 Å². The smallest absolute Gasteiger partial charge is 0.321 e. The molecule has 2 aliphatic rings. The highest BCUT2D eigenvalue weighted by molar-refractivity contribution is 5.97. The molecule has 6 nitrogen and oxygen atoms in total. The summed E-state index contributed by atoms with van der Waals surface area (Å²) in [5.41, 5.74) is 2.62. The van der Waals surface area contributed by atoms with E-state index in [4.69, 9.17) is 4.74 Å². The second kappa shape index (κ2) is 7.19. The lowest BCUT2D eigenvalue weighted by Crippen LogP contribution is -2.36. The van der Waals surface area contributed by atoms with Gasteiger partial charge < -0.3 is 19.9 Å². The molecule has 0 aliphatic carbocycles. The zero-order valence-electron chi connectivity index (χ0n) is 16.3. The highest BCUT2D eigenvalue weighted by Gasteiger charge is 2.48. The number of carbonyl (C=O) groups is 2. The van der Waals surface area contributed by atoms with Crippen LogP contribution in [0, 0.1) is 12.3 Å². The van der Waals surface area contributed by atoms with E-state index in [2.05, 4.69) is 5.32 Å². The summed E-state index contributed by atoms with van der Waals surface area (Å²) in [5.74, 6) is 0.839. The zero-order valence-corrected chi connectivity index (χ0v) is 16.3. The Morgan fingerprint density at radius 3 is 2.75 bits per heavy atom. The molecule has 2 aromatic rings. The summed E-state index contributed by atoms with van der Waals surface area (Å²) in [5, 5.41) is 2.93. The highest BCUT2D eigenvalue weighted by Crippen LogP contribution is 2.42. The SMILES string of the molecule is COc1cccc(NC(=O)N2CCC3(CC(=O)N(c4cccc(C)c4)C3)C2)c1. The molecule has 1 spiro atoms. The Morgan fingerprint density at radius 1 is 1.14 bits per heavy atom. The van der Waals surface area contributed by atoms with Gasteiger partial charge in [-0.2, -0.15) is 0 Å². The third-order valence-electron chi connectivity index (χ3n) is 5.68. The molecule has 0 bridgehead atoms. The van der Waals surface area contributed by atoms with E-state index in [0.717, 1.165) is 17.7 Å². The van der Waals surface area contributed by atoms with E-state index < -0.39 is 0 Å². The summed E-state index contributed by atoms with van der Waals surface area (Å²) in [7, 11) is 1.60. The van der Waals surface area contributed by atoms with Gasteiger partial charge in [0, 0.05) is 48.9 Å². The molecule has 1 unspecified atom stereocenters. The van der Waals surface area contributed by atoms with Crippen molar-refractivity contribution in [3.8, 4) is 5.75 Å². The topological polar surface area (TPSA) is 61.9 Å². The number of ether oxygens (including phenoxy) is 1. The fourth-order valence-electron chi connectivity index (χ4n) is 4.21. The summed E-state index contributed by atoms with van der Waals surface area (Å²) in [6.45, 7) is 3.94. The number of urea groups is 1. The minimum absolute atomic E-state index is 0.133. The first-order valence-electron chi connectivity index (χ1n) is 9.55. The second-order valence-corrected chi connectivity index (χ2v) is 7.83. The third kappa shape index (κ3) is 3.54. The molecule has 1 atom stereocenters. The summed E-state index contributed by atoms with van der Waals surface area (Å²) < 4.78 is 5.20. The van der Waals surface area contributed by atoms with Crippen molar-refractivity contribution in [2.45, 2.75) is 19.8 Å². The molecule has 146 valence electrons. The molecular formula is C22H25N3O3. The Bertz CT molecular complexity index is 913. The van der Waals surface area contributed by atoms with Crippen LogP contribution in [-0.2, 0) is 4.79 Å². The van der Waals surface area contributed by atoms with Crippen molar-refractivity contribution in [1.29, 1.82) is 0 Å². The van der Waals surface area contributed by atoms with E-state index in [1.807, 2.05) is 59.2 Å². The van der Waals surface area contributed by atoms with Crippen molar-refractivity contribution in [1.82, 2.24) is 4.90 Å². The number of likely N-dealkylation sites (tertiary alicyclic amines) is 1. The predicted molar refractivity (Wildman–Crippen MR) is 109 cm³/mol. The highest BCUT2D eigenvalue weighted by atomic mass is 16.5. The van der Waals surface area contributed by atoms with Crippen molar-refractivity contribution in [2.75, 3.05) is 37.0 Å². The molecule has 0 radical (unpaired) electrons.